The molecule has 0 fully saturated rings. The van der Waals surface area contributed by atoms with Gasteiger partial charge >= 0.3 is 5.97 Å². The second-order valence-corrected chi connectivity index (χ2v) is 4.61. The molecule has 0 aliphatic rings. The maximum absolute atomic E-state index is 11.7. The van der Waals surface area contributed by atoms with Gasteiger partial charge in [-0.15, -0.1) is 0 Å². The lowest BCUT2D eigenvalue weighted by atomic mass is 10.1. The number of carbonyl (C=O) groups is 1. The first kappa shape index (κ1) is 14.6. The summed E-state index contributed by atoms with van der Waals surface area (Å²) in [4.78, 5) is 15.6. The van der Waals surface area contributed by atoms with Gasteiger partial charge in [-0.05, 0) is 38.1 Å². The van der Waals surface area contributed by atoms with Crippen molar-refractivity contribution in [3.8, 4) is 11.3 Å². The van der Waals surface area contributed by atoms with E-state index in [2.05, 4.69) is 10.1 Å². The normalized spacial score (nSPS) is 10.4. The molecule has 2 aromatic rings. The van der Waals surface area contributed by atoms with E-state index in [-0.39, 0.29) is 17.8 Å². The molecular formula is C14H16N4O3. The summed E-state index contributed by atoms with van der Waals surface area (Å²) >= 11 is 0. The Bertz CT molecular complexity index is 655. The van der Waals surface area contributed by atoms with Crippen LogP contribution in [-0.4, -0.2) is 23.2 Å². The number of hydrogen-bond acceptors (Lipinski definition) is 5. The Kier molecular flexibility index (Phi) is 4.22. The Morgan fingerprint density at radius 2 is 1.95 bits per heavy atom. The lowest BCUT2D eigenvalue weighted by molar-refractivity contribution is 0.0366. The Morgan fingerprint density at radius 1 is 1.29 bits per heavy atom. The van der Waals surface area contributed by atoms with Crippen LogP contribution in [-0.2, 0) is 4.74 Å². The van der Waals surface area contributed by atoms with Crippen LogP contribution in [0.4, 0.5) is 5.69 Å². The average Bonchev–Trinajstić information content (AvgIpc) is 2.87. The number of guanidine groups is 1. The number of rotatable bonds is 4. The lowest BCUT2D eigenvalue weighted by Crippen LogP contribution is -2.21. The van der Waals surface area contributed by atoms with Crippen molar-refractivity contribution >= 4 is 17.6 Å². The van der Waals surface area contributed by atoms with Crippen LogP contribution in [0.1, 0.15) is 24.3 Å². The minimum Gasteiger partial charge on any atom is -0.458 e. The number of hydrogen-bond donors (Lipinski definition) is 2. The maximum atomic E-state index is 11.7. The van der Waals surface area contributed by atoms with Gasteiger partial charge in [-0.3, -0.25) is 0 Å². The van der Waals surface area contributed by atoms with E-state index in [1.165, 1.54) is 6.07 Å². The van der Waals surface area contributed by atoms with E-state index in [9.17, 15) is 4.79 Å². The molecular weight excluding hydrogens is 272 g/mol. The standard InChI is InChI=1S/C14H16N4O3/c1-8(2)20-13(19)11-7-12(21-18-11)9-3-5-10(6-4-9)17-14(15)16/h3-8H,1-2H3,(H4,15,16,17). The van der Waals surface area contributed by atoms with Crippen molar-refractivity contribution in [2.45, 2.75) is 20.0 Å². The Morgan fingerprint density at radius 3 is 2.52 bits per heavy atom. The third-order valence-corrected chi connectivity index (χ3v) is 2.47. The van der Waals surface area contributed by atoms with Gasteiger partial charge in [0.15, 0.2) is 17.4 Å². The number of esters is 1. The molecule has 0 amide bonds. The van der Waals surface area contributed by atoms with Crippen LogP contribution in [0.5, 0.6) is 0 Å². The Labute approximate surface area is 121 Å². The van der Waals surface area contributed by atoms with E-state index in [4.69, 9.17) is 20.7 Å². The van der Waals surface area contributed by atoms with Gasteiger partial charge < -0.3 is 20.7 Å². The molecule has 7 heteroatoms. The molecule has 0 saturated heterocycles. The summed E-state index contributed by atoms with van der Waals surface area (Å²) in [6.45, 7) is 3.53. The van der Waals surface area contributed by atoms with Gasteiger partial charge in [-0.25, -0.2) is 9.79 Å². The van der Waals surface area contributed by atoms with Gasteiger partial charge in [0.2, 0.25) is 0 Å². The number of aliphatic imine (C=N–C) groups is 1. The molecule has 0 bridgehead atoms. The fourth-order valence-electron chi connectivity index (χ4n) is 1.63. The van der Waals surface area contributed by atoms with Crippen molar-refractivity contribution < 1.29 is 14.1 Å². The topological polar surface area (TPSA) is 117 Å². The van der Waals surface area contributed by atoms with Crippen LogP contribution in [0, 0.1) is 0 Å². The van der Waals surface area contributed by atoms with Gasteiger partial charge in [0.25, 0.3) is 0 Å². The molecule has 21 heavy (non-hydrogen) atoms. The molecule has 4 N–H and O–H groups in total. The summed E-state index contributed by atoms with van der Waals surface area (Å²) in [6.07, 6.45) is -0.212. The van der Waals surface area contributed by atoms with Gasteiger partial charge in [0.05, 0.1) is 11.8 Å². The molecule has 0 radical (unpaired) electrons. The van der Waals surface area contributed by atoms with E-state index in [1.54, 1.807) is 38.1 Å². The first-order valence-electron chi connectivity index (χ1n) is 6.33. The van der Waals surface area contributed by atoms with E-state index < -0.39 is 5.97 Å². The highest BCUT2D eigenvalue weighted by atomic mass is 16.5. The average molecular weight is 288 g/mol. The minimum absolute atomic E-state index is 0.0128. The minimum atomic E-state index is -0.517. The van der Waals surface area contributed by atoms with Crippen LogP contribution in [0.25, 0.3) is 11.3 Å². The third kappa shape index (κ3) is 3.82. The lowest BCUT2D eigenvalue weighted by Gasteiger charge is -2.04. The molecule has 0 saturated carbocycles. The first-order chi connectivity index (χ1) is 9.95. The monoisotopic (exact) mass is 288 g/mol. The van der Waals surface area contributed by atoms with Crippen molar-refractivity contribution in [2.75, 3.05) is 0 Å². The number of benzene rings is 1. The van der Waals surface area contributed by atoms with E-state index in [0.29, 0.717) is 11.4 Å². The van der Waals surface area contributed by atoms with Gasteiger partial charge in [0, 0.05) is 11.6 Å². The third-order valence-electron chi connectivity index (χ3n) is 2.47. The molecule has 1 aromatic heterocycles. The highest BCUT2D eigenvalue weighted by Crippen LogP contribution is 2.23. The second kappa shape index (κ2) is 6.08. The smallest absolute Gasteiger partial charge is 0.360 e. The summed E-state index contributed by atoms with van der Waals surface area (Å²) in [6, 6.07) is 8.51. The summed E-state index contributed by atoms with van der Waals surface area (Å²) in [5.74, 6) is -0.0692. The molecule has 0 spiro atoms. The highest BCUT2D eigenvalue weighted by molar-refractivity contribution is 5.88. The largest absolute Gasteiger partial charge is 0.458 e. The van der Waals surface area contributed by atoms with Gasteiger partial charge in [-0.2, -0.15) is 0 Å². The summed E-state index contributed by atoms with van der Waals surface area (Å²) in [5.41, 5.74) is 12.1. The van der Waals surface area contributed by atoms with Crippen LogP contribution in [0.3, 0.4) is 0 Å². The molecule has 0 atom stereocenters. The molecule has 110 valence electrons. The molecule has 0 aliphatic heterocycles. The predicted molar refractivity (Wildman–Crippen MR) is 78.0 cm³/mol. The Hall–Kier alpha value is -2.83. The molecule has 1 heterocycles. The molecule has 0 aliphatic carbocycles. The quantitative estimate of drug-likeness (QED) is 0.503. The zero-order valence-corrected chi connectivity index (χ0v) is 11.7. The second-order valence-electron chi connectivity index (χ2n) is 4.61. The fraction of sp³-hybridized carbons (Fsp3) is 0.214. The summed E-state index contributed by atoms with van der Waals surface area (Å²) < 4.78 is 10.2. The zero-order chi connectivity index (χ0) is 15.4. The Balaban J connectivity index is 2.18. The highest BCUT2D eigenvalue weighted by Gasteiger charge is 2.16. The number of aromatic nitrogens is 1. The number of nitrogens with two attached hydrogens (primary N) is 2. The van der Waals surface area contributed by atoms with Crippen LogP contribution >= 0.6 is 0 Å². The van der Waals surface area contributed by atoms with Crippen molar-refractivity contribution in [1.82, 2.24) is 5.16 Å². The molecule has 2 rings (SSSR count). The van der Waals surface area contributed by atoms with E-state index in [0.717, 1.165) is 5.56 Å². The SMILES string of the molecule is CC(C)OC(=O)c1cc(-c2ccc(N=C(N)N)cc2)on1. The number of carbonyl (C=O) groups excluding carboxylic acids is 1. The van der Waals surface area contributed by atoms with Gasteiger partial charge in [-0.1, -0.05) is 5.16 Å². The summed E-state index contributed by atoms with van der Waals surface area (Å²) in [5, 5.41) is 3.70. The fourth-order valence-corrected chi connectivity index (χ4v) is 1.63. The molecule has 7 nitrogen and oxygen atoms in total. The van der Waals surface area contributed by atoms with E-state index >= 15 is 0 Å². The van der Waals surface area contributed by atoms with Gasteiger partial charge in [0.1, 0.15) is 0 Å². The zero-order valence-electron chi connectivity index (χ0n) is 11.7. The van der Waals surface area contributed by atoms with Crippen molar-refractivity contribution in [3.05, 3.63) is 36.0 Å². The van der Waals surface area contributed by atoms with E-state index in [1.807, 2.05) is 0 Å². The predicted octanol–water partition coefficient (Wildman–Crippen LogP) is 1.81. The van der Waals surface area contributed by atoms with Crippen LogP contribution in [0.15, 0.2) is 39.8 Å². The summed E-state index contributed by atoms with van der Waals surface area (Å²) in [7, 11) is 0. The van der Waals surface area contributed by atoms with Crippen LogP contribution < -0.4 is 11.5 Å². The van der Waals surface area contributed by atoms with Crippen molar-refractivity contribution in [3.63, 3.8) is 0 Å². The first-order valence-corrected chi connectivity index (χ1v) is 6.33. The van der Waals surface area contributed by atoms with Crippen LogP contribution in [0.2, 0.25) is 0 Å². The van der Waals surface area contributed by atoms with Crippen molar-refractivity contribution in [1.29, 1.82) is 0 Å². The van der Waals surface area contributed by atoms with Crippen molar-refractivity contribution in [2.24, 2.45) is 16.5 Å². The maximum Gasteiger partial charge on any atom is 0.360 e. The number of ether oxygens (including phenoxy) is 1. The molecule has 0 unspecified atom stereocenters. The number of nitrogens with zero attached hydrogens (tertiary/aromatic N) is 2. The molecule has 1 aromatic carbocycles.